The molecule has 1 saturated heterocycles. The molecule has 158 valence electrons. The Kier molecular flexibility index (Phi) is 7.43. The van der Waals surface area contributed by atoms with E-state index in [1.807, 2.05) is 23.5 Å². The predicted molar refractivity (Wildman–Crippen MR) is 121 cm³/mol. The first-order chi connectivity index (χ1) is 14.7. The highest BCUT2D eigenvalue weighted by Gasteiger charge is 2.20. The number of likely N-dealkylation sites (tertiary alicyclic amines) is 1. The van der Waals surface area contributed by atoms with Crippen LogP contribution >= 0.6 is 34.7 Å². The number of nitrogens with one attached hydrogen (secondary N) is 1. The maximum atomic E-state index is 12.2. The molecular weight excluding hydrogens is 440 g/mol. The lowest BCUT2D eigenvalue weighted by Crippen LogP contribution is -2.38. The number of hydrogen-bond donors (Lipinski definition) is 1. The van der Waals surface area contributed by atoms with Gasteiger partial charge in [0.15, 0.2) is 0 Å². The Balaban J connectivity index is 1.15. The highest BCUT2D eigenvalue weighted by Crippen LogP contribution is 2.24. The number of carbonyl (C=O) groups excluding carboxylic acids is 1. The molecule has 3 aromatic rings. The van der Waals surface area contributed by atoms with E-state index in [1.165, 1.54) is 16.6 Å². The fourth-order valence-electron chi connectivity index (χ4n) is 3.39. The van der Waals surface area contributed by atoms with Crippen molar-refractivity contribution in [2.45, 2.75) is 24.6 Å². The summed E-state index contributed by atoms with van der Waals surface area (Å²) in [5.74, 6) is 1.22. The van der Waals surface area contributed by atoms with Gasteiger partial charge in [0.25, 0.3) is 5.22 Å². The first-order valence-electron chi connectivity index (χ1n) is 9.89. The predicted octanol–water partition coefficient (Wildman–Crippen LogP) is 4.57. The van der Waals surface area contributed by atoms with Gasteiger partial charge in [-0.3, -0.25) is 9.69 Å². The lowest BCUT2D eigenvalue weighted by atomic mass is 9.97. The number of thioether (sulfide) groups is 1. The van der Waals surface area contributed by atoms with Gasteiger partial charge in [-0.15, -0.1) is 21.5 Å². The van der Waals surface area contributed by atoms with Gasteiger partial charge in [-0.2, -0.15) is 0 Å². The molecule has 0 radical (unpaired) electrons. The van der Waals surface area contributed by atoms with E-state index in [2.05, 4.69) is 37.9 Å². The Hall–Kier alpha value is -1.87. The summed E-state index contributed by atoms with van der Waals surface area (Å²) in [5.41, 5.74) is 0.800. The van der Waals surface area contributed by atoms with E-state index in [0.717, 1.165) is 44.6 Å². The minimum absolute atomic E-state index is 0.00717. The molecule has 6 nitrogen and oxygen atoms in total. The number of piperidine rings is 1. The van der Waals surface area contributed by atoms with E-state index in [1.54, 1.807) is 12.1 Å². The molecule has 0 unspecified atom stereocenters. The molecule has 0 spiro atoms. The molecule has 1 aliphatic heterocycles. The van der Waals surface area contributed by atoms with Crippen LogP contribution in [0.15, 0.2) is 51.4 Å². The van der Waals surface area contributed by atoms with Crippen molar-refractivity contribution >= 4 is 40.6 Å². The molecule has 0 atom stereocenters. The molecule has 0 aliphatic carbocycles. The van der Waals surface area contributed by atoms with Gasteiger partial charge in [0, 0.05) is 28.6 Å². The van der Waals surface area contributed by atoms with Gasteiger partial charge in [-0.1, -0.05) is 29.4 Å². The highest BCUT2D eigenvalue weighted by molar-refractivity contribution is 7.99. The smallest absolute Gasteiger partial charge is 0.277 e. The van der Waals surface area contributed by atoms with Gasteiger partial charge in [0.05, 0.1) is 5.75 Å². The van der Waals surface area contributed by atoms with E-state index in [0.29, 0.717) is 22.1 Å². The summed E-state index contributed by atoms with van der Waals surface area (Å²) in [7, 11) is 0. The van der Waals surface area contributed by atoms with Crippen LogP contribution in [0.3, 0.4) is 0 Å². The van der Waals surface area contributed by atoms with Crippen molar-refractivity contribution in [3.05, 3.63) is 51.7 Å². The molecule has 1 fully saturated rings. The van der Waals surface area contributed by atoms with Crippen LogP contribution in [-0.2, 0) is 11.3 Å². The van der Waals surface area contributed by atoms with Crippen molar-refractivity contribution < 1.29 is 9.21 Å². The Morgan fingerprint density at radius 1 is 1.23 bits per heavy atom. The number of carbonyl (C=O) groups is 1. The molecule has 4 rings (SSSR count). The number of hydrogen-bond acceptors (Lipinski definition) is 7. The van der Waals surface area contributed by atoms with Crippen molar-refractivity contribution in [3.63, 3.8) is 0 Å². The molecule has 1 aliphatic rings. The first-order valence-corrected chi connectivity index (χ1v) is 12.1. The third-order valence-corrected chi connectivity index (χ3v) is 7.01. The summed E-state index contributed by atoms with van der Waals surface area (Å²) in [6, 6.07) is 11.5. The van der Waals surface area contributed by atoms with E-state index < -0.39 is 0 Å². The van der Waals surface area contributed by atoms with Gasteiger partial charge in [0.2, 0.25) is 11.8 Å². The molecule has 0 bridgehead atoms. The van der Waals surface area contributed by atoms with Gasteiger partial charge >= 0.3 is 0 Å². The first kappa shape index (κ1) is 21.4. The van der Waals surface area contributed by atoms with Crippen molar-refractivity contribution in [1.82, 2.24) is 20.4 Å². The van der Waals surface area contributed by atoms with Crippen LogP contribution in [-0.4, -0.2) is 46.4 Å². The van der Waals surface area contributed by atoms with Crippen LogP contribution in [0.1, 0.15) is 17.7 Å². The number of amides is 1. The van der Waals surface area contributed by atoms with Crippen LogP contribution in [0.4, 0.5) is 0 Å². The number of halogens is 1. The summed E-state index contributed by atoms with van der Waals surface area (Å²) in [5, 5.41) is 14.2. The van der Waals surface area contributed by atoms with E-state index >= 15 is 0 Å². The number of aromatic nitrogens is 2. The lowest BCUT2D eigenvalue weighted by molar-refractivity contribution is -0.118. The van der Waals surface area contributed by atoms with Crippen molar-refractivity contribution in [2.24, 2.45) is 5.92 Å². The van der Waals surface area contributed by atoms with Gasteiger partial charge in [-0.25, -0.2) is 0 Å². The van der Waals surface area contributed by atoms with Crippen LogP contribution < -0.4 is 5.32 Å². The average molecular weight is 463 g/mol. The Labute approximate surface area is 189 Å². The molecule has 0 saturated carbocycles. The summed E-state index contributed by atoms with van der Waals surface area (Å²) in [4.78, 5) is 16.1. The van der Waals surface area contributed by atoms with Gasteiger partial charge in [-0.05, 0) is 67.6 Å². The summed E-state index contributed by atoms with van der Waals surface area (Å²) in [6.07, 6.45) is 2.24. The molecule has 3 heterocycles. The SMILES string of the molecule is O=C(CSc1nnc(-c2ccc(Cl)cc2)o1)NCC1CCN(Cc2cccs2)CC1. The van der Waals surface area contributed by atoms with Crippen LogP contribution in [0.25, 0.3) is 11.5 Å². The maximum Gasteiger partial charge on any atom is 0.277 e. The highest BCUT2D eigenvalue weighted by atomic mass is 35.5. The largest absolute Gasteiger partial charge is 0.411 e. The zero-order chi connectivity index (χ0) is 20.8. The van der Waals surface area contributed by atoms with E-state index in [-0.39, 0.29) is 11.7 Å². The van der Waals surface area contributed by atoms with Crippen LogP contribution in [0.5, 0.6) is 0 Å². The molecule has 1 N–H and O–H groups in total. The summed E-state index contributed by atoms with van der Waals surface area (Å²) < 4.78 is 5.62. The van der Waals surface area contributed by atoms with Crippen molar-refractivity contribution in [1.29, 1.82) is 0 Å². The third kappa shape index (κ3) is 6.07. The number of nitrogens with zero attached hydrogens (tertiary/aromatic N) is 3. The normalized spacial score (nSPS) is 15.4. The molecule has 1 aromatic carbocycles. The number of rotatable bonds is 8. The monoisotopic (exact) mass is 462 g/mol. The van der Waals surface area contributed by atoms with E-state index in [9.17, 15) is 4.79 Å². The topological polar surface area (TPSA) is 71.3 Å². The Morgan fingerprint density at radius 3 is 2.77 bits per heavy atom. The minimum atomic E-state index is -0.00717. The summed E-state index contributed by atoms with van der Waals surface area (Å²) >= 11 is 8.96. The molecule has 30 heavy (non-hydrogen) atoms. The lowest BCUT2D eigenvalue weighted by Gasteiger charge is -2.31. The maximum absolute atomic E-state index is 12.2. The van der Waals surface area contributed by atoms with Gasteiger partial charge in [0.1, 0.15) is 0 Å². The molecule has 9 heteroatoms. The molecule has 2 aromatic heterocycles. The second-order valence-corrected chi connectivity index (χ2v) is 9.67. The summed E-state index contributed by atoms with van der Waals surface area (Å²) in [6.45, 7) is 3.94. The van der Waals surface area contributed by atoms with Crippen molar-refractivity contribution in [3.8, 4) is 11.5 Å². The minimum Gasteiger partial charge on any atom is -0.411 e. The molecule has 1 amide bonds. The third-order valence-electron chi connectivity index (χ3n) is 5.08. The Morgan fingerprint density at radius 2 is 2.03 bits per heavy atom. The van der Waals surface area contributed by atoms with Crippen LogP contribution in [0, 0.1) is 5.92 Å². The number of thiophene rings is 1. The Bertz CT molecular complexity index is 938. The standard InChI is InChI=1S/C21H23ClN4O2S2/c22-17-5-3-16(4-6-17)20-24-25-21(28-20)30-14-19(27)23-12-15-7-9-26(10-8-15)13-18-2-1-11-29-18/h1-6,11,15H,7-10,12-14H2,(H,23,27). The average Bonchev–Trinajstić information content (AvgIpc) is 3.44. The van der Waals surface area contributed by atoms with E-state index in [4.69, 9.17) is 16.0 Å². The van der Waals surface area contributed by atoms with Gasteiger partial charge < -0.3 is 9.73 Å². The second-order valence-electron chi connectivity index (χ2n) is 7.27. The fourth-order valence-corrected chi connectivity index (χ4v) is 4.85. The molecular formula is C21H23ClN4O2S2. The number of benzene rings is 1. The quantitative estimate of drug-likeness (QED) is 0.494. The zero-order valence-corrected chi connectivity index (χ0v) is 18.8. The fraction of sp³-hybridized carbons (Fsp3) is 0.381. The zero-order valence-electron chi connectivity index (χ0n) is 16.4. The van der Waals surface area contributed by atoms with Crippen LogP contribution in [0.2, 0.25) is 5.02 Å². The van der Waals surface area contributed by atoms with Crippen molar-refractivity contribution in [2.75, 3.05) is 25.4 Å². The second kappa shape index (κ2) is 10.4.